The molecule has 0 radical (unpaired) electrons. The summed E-state index contributed by atoms with van der Waals surface area (Å²) in [6, 6.07) is 10.2. The lowest BCUT2D eigenvalue weighted by Crippen LogP contribution is -2.17. The highest BCUT2D eigenvalue weighted by molar-refractivity contribution is 5.81. The second-order valence-electron chi connectivity index (χ2n) is 4.51. The zero-order chi connectivity index (χ0) is 13.9. The van der Waals surface area contributed by atoms with E-state index in [1.54, 1.807) is 0 Å². The lowest BCUT2D eigenvalue weighted by Gasteiger charge is -2.16. The Morgan fingerprint density at radius 2 is 1.95 bits per heavy atom. The molecule has 0 fully saturated rings. The molecule has 1 atom stereocenters. The van der Waals surface area contributed by atoms with E-state index < -0.39 is 0 Å². The molecule has 0 aliphatic carbocycles. The van der Waals surface area contributed by atoms with E-state index >= 15 is 0 Å². The highest BCUT2D eigenvalue weighted by Crippen LogP contribution is 2.14. The fourth-order valence-corrected chi connectivity index (χ4v) is 1.94. The minimum atomic E-state index is -0.336. The number of hydrogen-bond donors (Lipinski definition) is 0. The van der Waals surface area contributed by atoms with Crippen molar-refractivity contribution in [2.75, 3.05) is 0 Å². The summed E-state index contributed by atoms with van der Waals surface area (Å²) in [5.41, 5.74) is 1.27. The standard InChI is InChI=1S/C17H22O2/c1-3-5-7-12-16(19-17(18)4-2)14-13-15-10-8-6-9-11-15/h3-4,6,8-11,16H,1-2,5,7,12-14H2. The van der Waals surface area contributed by atoms with Crippen molar-refractivity contribution in [1.29, 1.82) is 0 Å². The van der Waals surface area contributed by atoms with Crippen molar-refractivity contribution in [1.82, 2.24) is 0 Å². The predicted octanol–water partition coefficient (Wildman–Crippen LogP) is 4.07. The summed E-state index contributed by atoms with van der Waals surface area (Å²) in [5.74, 6) is -0.336. The van der Waals surface area contributed by atoms with Crippen LogP contribution >= 0.6 is 0 Å². The zero-order valence-electron chi connectivity index (χ0n) is 11.4. The summed E-state index contributed by atoms with van der Waals surface area (Å²) in [6.07, 6.45) is 7.67. The topological polar surface area (TPSA) is 26.3 Å². The van der Waals surface area contributed by atoms with Crippen molar-refractivity contribution in [2.45, 2.75) is 38.2 Å². The van der Waals surface area contributed by atoms with Crippen LogP contribution in [0.2, 0.25) is 0 Å². The second kappa shape index (κ2) is 9.15. The van der Waals surface area contributed by atoms with Gasteiger partial charge in [0.15, 0.2) is 0 Å². The van der Waals surface area contributed by atoms with Crippen LogP contribution in [0.5, 0.6) is 0 Å². The molecule has 1 aromatic rings. The fourth-order valence-electron chi connectivity index (χ4n) is 1.94. The summed E-state index contributed by atoms with van der Waals surface area (Å²) in [7, 11) is 0. The normalized spacial score (nSPS) is 11.6. The Kier molecular flexibility index (Phi) is 7.33. The largest absolute Gasteiger partial charge is 0.459 e. The van der Waals surface area contributed by atoms with Crippen LogP contribution in [-0.4, -0.2) is 12.1 Å². The molecule has 0 heterocycles. The molecule has 2 heteroatoms. The van der Waals surface area contributed by atoms with Crippen molar-refractivity contribution in [3.63, 3.8) is 0 Å². The smallest absolute Gasteiger partial charge is 0.330 e. The number of unbranched alkanes of at least 4 members (excludes halogenated alkanes) is 1. The van der Waals surface area contributed by atoms with Crippen molar-refractivity contribution >= 4 is 5.97 Å². The third-order valence-corrected chi connectivity index (χ3v) is 2.98. The van der Waals surface area contributed by atoms with Crippen LogP contribution in [0.4, 0.5) is 0 Å². The van der Waals surface area contributed by atoms with Gasteiger partial charge in [0.05, 0.1) is 0 Å². The van der Waals surface area contributed by atoms with E-state index in [9.17, 15) is 4.79 Å². The molecule has 102 valence electrons. The van der Waals surface area contributed by atoms with Crippen molar-refractivity contribution in [3.8, 4) is 0 Å². The van der Waals surface area contributed by atoms with Gasteiger partial charge < -0.3 is 4.74 Å². The molecule has 0 spiro atoms. The van der Waals surface area contributed by atoms with Gasteiger partial charge in [0, 0.05) is 6.08 Å². The summed E-state index contributed by atoms with van der Waals surface area (Å²) < 4.78 is 5.38. The molecule has 0 aromatic heterocycles. The number of esters is 1. The van der Waals surface area contributed by atoms with Gasteiger partial charge in [-0.15, -0.1) is 6.58 Å². The molecule has 0 bridgehead atoms. The van der Waals surface area contributed by atoms with Gasteiger partial charge in [0.2, 0.25) is 0 Å². The van der Waals surface area contributed by atoms with Crippen LogP contribution in [0.15, 0.2) is 55.6 Å². The van der Waals surface area contributed by atoms with E-state index in [0.29, 0.717) is 0 Å². The van der Waals surface area contributed by atoms with Gasteiger partial charge in [-0.1, -0.05) is 43.0 Å². The number of benzene rings is 1. The molecule has 0 aliphatic heterocycles. The van der Waals surface area contributed by atoms with Gasteiger partial charge in [-0.25, -0.2) is 4.79 Å². The third-order valence-electron chi connectivity index (χ3n) is 2.98. The number of rotatable bonds is 9. The van der Waals surface area contributed by atoms with E-state index in [2.05, 4.69) is 25.3 Å². The molecule has 2 nitrogen and oxygen atoms in total. The number of hydrogen-bond acceptors (Lipinski definition) is 2. The van der Waals surface area contributed by atoms with E-state index in [1.807, 2.05) is 24.3 Å². The molecule has 19 heavy (non-hydrogen) atoms. The highest BCUT2D eigenvalue weighted by atomic mass is 16.5. The molecule has 0 saturated heterocycles. The van der Waals surface area contributed by atoms with E-state index in [0.717, 1.165) is 32.1 Å². The Balaban J connectivity index is 2.45. The Morgan fingerprint density at radius 1 is 1.21 bits per heavy atom. The summed E-state index contributed by atoms with van der Waals surface area (Å²) in [5, 5.41) is 0. The minimum Gasteiger partial charge on any atom is -0.459 e. The Bertz CT molecular complexity index is 395. The van der Waals surface area contributed by atoms with Crippen LogP contribution in [0, 0.1) is 0 Å². The second-order valence-corrected chi connectivity index (χ2v) is 4.51. The van der Waals surface area contributed by atoms with Crippen LogP contribution in [-0.2, 0) is 16.0 Å². The lowest BCUT2D eigenvalue weighted by atomic mass is 10.0. The van der Waals surface area contributed by atoms with E-state index in [4.69, 9.17) is 4.74 Å². The lowest BCUT2D eigenvalue weighted by molar-refractivity contribution is -0.143. The maximum Gasteiger partial charge on any atom is 0.330 e. The first-order valence-corrected chi connectivity index (χ1v) is 6.74. The molecule has 0 saturated carbocycles. The van der Waals surface area contributed by atoms with Crippen LogP contribution in [0.25, 0.3) is 0 Å². The number of aryl methyl sites for hydroxylation is 1. The highest BCUT2D eigenvalue weighted by Gasteiger charge is 2.12. The number of carbonyl (C=O) groups is 1. The van der Waals surface area contributed by atoms with Crippen molar-refractivity contribution in [3.05, 3.63) is 61.2 Å². The van der Waals surface area contributed by atoms with E-state index in [-0.39, 0.29) is 12.1 Å². The first kappa shape index (κ1) is 15.2. The van der Waals surface area contributed by atoms with Crippen LogP contribution < -0.4 is 0 Å². The van der Waals surface area contributed by atoms with Crippen LogP contribution in [0.3, 0.4) is 0 Å². The van der Waals surface area contributed by atoms with E-state index in [1.165, 1.54) is 11.6 Å². The Labute approximate surface area is 115 Å². The summed E-state index contributed by atoms with van der Waals surface area (Å²) in [4.78, 5) is 11.3. The number of carbonyl (C=O) groups excluding carboxylic acids is 1. The van der Waals surface area contributed by atoms with Gasteiger partial charge in [-0.3, -0.25) is 0 Å². The molecule has 0 amide bonds. The Morgan fingerprint density at radius 3 is 2.58 bits per heavy atom. The quantitative estimate of drug-likeness (QED) is 0.289. The maximum absolute atomic E-state index is 11.3. The molecular weight excluding hydrogens is 236 g/mol. The molecular formula is C17H22O2. The SMILES string of the molecule is C=CCCCC(CCc1ccccc1)OC(=O)C=C. The summed E-state index contributed by atoms with van der Waals surface area (Å²) in [6.45, 7) is 7.14. The first-order chi connectivity index (χ1) is 9.26. The fraction of sp³-hybridized carbons (Fsp3) is 0.353. The molecule has 1 aromatic carbocycles. The van der Waals surface area contributed by atoms with Gasteiger partial charge in [-0.2, -0.15) is 0 Å². The summed E-state index contributed by atoms with van der Waals surface area (Å²) >= 11 is 0. The molecule has 1 unspecified atom stereocenters. The average Bonchev–Trinajstić information content (AvgIpc) is 2.45. The van der Waals surface area contributed by atoms with Gasteiger partial charge in [0.1, 0.15) is 6.10 Å². The Hall–Kier alpha value is -1.83. The zero-order valence-corrected chi connectivity index (χ0v) is 11.4. The molecule has 1 rings (SSSR count). The molecule has 0 aliphatic rings. The van der Waals surface area contributed by atoms with Gasteiger partial charge in [-0.05, 0) is 37.7 Å². The van der Waals surface area contributed by atoms with Crippen LogP contribution in [0.1, 0.15) is 31.2 Å². The number of ether oxygens (including phenoxy) is 1. The third kappa shape index (κ3) is 6.61. The minimum absolute atomic E-state index is 0.0364. The predicted molar refractivity (Wildman–Crippen MR) is 78.9 cm³/mol. The number of allylic oxidation sites excluding steroid dienone is 1. The maximum atomic E-state index is 11.3. The van der Waals surface area contributed by atoms with Crippen molar-refractivity contribution < 1.29 is 9.53 Å². The van der Waals surface area contributed by atoms with Crippen molar-refractivity contribution in [2.24, 2.45) is 0 Å². The first-order valence-electron chi connectivity index (χ1n) is 6.74. The van der Waals surface area contributed by atoms with Gasteiger partial charge >= 0.3 is 5.97 Å². The monoisotopic (exact) mass is 258 g/mol. The van der Waals surface area contributed by atoms with Gasteiger partial charge in [0.25, 0.3) is 0 Å². The molecule has 0 N–H and O–H groups in total. The average molecular weight is 258 g/mol.